The van der Waals surface area contributed by atoms with Gasteiger partial charge in [0.2, 0.25) is 5.82 Å². The van der Waals surface area contributed by atoms with Crippen LogP contribution in [0.1, 0.15) is 47.7 Å². The molecule has 1 atom stereocenters. The van der Waals surface area contributed by atoms with Crippen LogP contribution in [0.25, 0.3) is 0 Å². The van der Waals surface area contributed by atoms with Crippen molar-refractivity contribution < 1.29 is 14.1 Å². The van der Waals surface area contributed by atoms with Gasteiger partial charge in [-0.3, -0.25) is 4.79 Å². The summed E-state index contributed by atoms with van der Waals surface area (Å²) in [6.07, 6.45) is 4.53. The number of furan rings is 1. The second-order valence-electron chi connectivity index (χ2n) is 7.76. The van der Waals surface area contributed by atoms with Crippen molar-refractivity contribution in [1.29, 1.82) is 0 Å². The van der Waals surface area contributed by atoms with Gasteiger partial charge in [-0.25, -0.2) is 4.68 Å². The molecule has 1 aliphatic heterocycles. The molecule has 8 nitrogen and oxygen atoms in total. The molecule has 0 radical (unpaired) electrons. The lowest BCUT2D eigenvalue weighted by Gasteiger charge is -2.35. The topological polar surface area (TPSA) is 81.5 Å². The molecular weight excluding hydrogens is 380 g/mol. The van der Waals surface area contributed by atoms with E-state index < -0.39 is 0 Å². The fraction of sp³-hybridized carbons (Fsp3) is 0.455. The highest BCUT2D eigenvalue weighted by atomic mass is 16.3. The minimum absolute atomic E-state index is 0.0289. The van der Waals surface area contributed by atoms with E-state index in [9.17, 15) is 4.79 Å². The lowest BCUT2D eigenvalue weighted by molar-refractivity contribution is -0.936. The fourth-order valence-corrected chi connectivity index (χ4v) is 4.21. The summed E-state index contributed by atoms with van der Waals surface area (Å²) in [6, 6.07) is 14.1. The summed E-state index contributed by atoms with van der Waals surface area (Å²) < 4.78 is 7.23. The molecule has 4 rings (SSSR count). The maximum absolute atomic E-state index is 12.6. The summed E-state index contributed by atoms with van der Waals surface area (Å²) in [5, 5.41) is 12.7. The molecule has 1 amide bonds. The molecule has 8 heteroatoms. The number of hydrogen-bond acceptors (Lipinski definition) is 5. The predicted molar refractivity (Wildman–Crippen MR) is 111 cm³/mol. The van der Waals surface area contributed by atoms with Crippen molar-refractivity contribution in [2.75, 3.05) is 26.2 Å². The smallest absolute Gasteiger partial charge is 0.289 e. The van der Waals surface area contributed by atoms with Gasteiger partial charge in [-0.15, -0.1) is 5.10 Å². The zero-order valence-corrected chi connectivity index (χ0v) is 17.4. The molecule has 30 heavy (non-hydrogen) atoms. The number of nitrogens with zero attached hydrogens (tertiary/aromatic N) is 5. The van der Waals surface area contributed by atoms with Gasteiger partial charge < -0.3 is 14.2 Å². The molecule has 158 valence electrons. The van der Waals surface area contributed by atoms with E-state index in [2.05, 4.69) is 46.7 Å². The van der Waals surface area contributed by atoms with Gasteiger partial charge in [-0.05, 0) is 34.5 Å². The van der Waals surface area contributed by atoms with Gasteiger partial charge in [0.15, 0.2) is 5.76 Å². The molecular formula is C22H29N6O2+. The molecule has 3 heterocycles. The Hall–Kier alpha value is -3.00. The quantitative estimate of drug-likeness (QED) is 0.608. The molecule has 1 N–H and O–H groups in total. The zero-order valence-electron chi connectivity index (χ0n) is 17.4. The summed E-state index contributed by atoms with van der Waals surface area (Å²) in [5.74, 6) is 1.33. The Kier molecular flexibility index (Phi) is 6.53. The minimum Gasteiger partial charge on any atom is -0.459 e. The third-order valence-corrected chi connectivity index (χ3v) is 5.82. The van der Waals surface area contributed by atoms with Crippen molar-refractivity contribution in [2.24, 2.45) is 0 Å². The van der Waals surface area contributed by atoms with E-state index in [0.29, 0.717) is 18.8 Å². The van der Waals surface area contributed by atoms with E-state index in [1.54, 1.807) is 18.4 Å². The number of benzene rings is 1. The second-order valence-corrected chi connectivity index (χ2v) is 7.76. The summed E-state index contributed by atoms with van der Waals surface area (Å²) in [4.78, 5) is 15.9. The highest BCUT2D eigenvalue weighted by molar-refractivity contribution is 5.91. The van der Waals surface area contributed by atoms with Crippen molar-refractivity contribution in [1.82, 2.24) is 25.1 Å². The van der Waals surface area contributed by atoms with Crippen LogP contribution in [0.2, 0.25) is 0 Å². The molecule has 1 saturated heterocycles. The van der Waals surface area contributed by atoms with Crippen molar-refractivity contribution in [3.63, 3.8) is 0 Å². The average Bonchev–Trinajstić information content (AvgIpc) is 3.49. The van der Waals surface area contributed by atoms with Crippen LogP contribution in [0.5, 0.6) is 0 Å². The lowest BCUT2D eigenvalue weighted by atomic mass is 10.1. The standard InChI is InChI=1S/C22H28N6O2/c1-2-7-19(21-23-24-25-28(21)12-11-18-8-4-3-5-9-18)26-13-15-27(16-14-26)22(29)20-10-6-17-30-20/h3-6,8-10,17,19H,2,7,11-16H2,1H3/p+1/t19-/m1/s1. The summed E-state index contributed by atoms with van der Waals surface area (Å²) in [7, 11) is 0. The van der Waals surface area contributed by atoms with Gasteiger partial charge in [0.05, 0.1) is 32.4 Å². The Labute approximate surface area is 176 Å². The molecule has 1 fully saturated rings. The monoisotopic (exact) mass is 409 g/mol. The SMILES string of the molecule is CCC[C@H](c1nnnn1CCc1ccccc1)[NH+]1CCN(C(=O)c2ccco2)CC1. The first-order chi connectivity index (χ1) is 14.8. The van der Waals surface area contributed by atoms with Crippen LogP contribution in [0, 0.1) is 0 Å². The Morgan fingerprint density at radius 2 is 1.97 bits per heavy atom. The summed E-state index contributed by atoms with van der Waals surface area (Å²) in [6.45, 7) is 6.14. The molecule has 1 aliphatic rings. The number of aromatic nitrogens is 4. The molecule has 0 spiro atoms. The van der Waals surface area contributed by atoms with Gasteiger partial charge in [0, 0.05) is 13.0 Å². The fourth-order valence-electron chi connectivity index (χ4n) is 4.21. The number of tetrazole rings is 1. The largest absolute Gasteiger partial charge is 0.459 e. The van der Waals surface area contributed by atoms with Crippen LogP contribution >= 0.6 is 0 Å². The Morgan fingerprint density at radius 1 is 1.17 bits per heavy atom. The maximum Gasteiger partial charge on any atom is 0.289 e. The molecule has 0 unspecified atom stereocenters. The molecule has 1 aromatic carbocycles. The molecule has 0 bridgehead atoms. The van der Waals surface area contributed by atoms with Gasteiger partial charge in [-0.1, -0.05) is 43.7 Å². The highest BCUT2D eigenvalue weighted by Gasteiger charge is 2.33. The molecule has 2 aromatic heterocycles. The Bertz CT molecular complexity index is 916. The summed E-state index contributed by atoms with van der Waals surface area (Å²) >= 11 is 0. The van der Waals surface area contributed by atoms with Crippen LogP contribution in [-0.4, -0.2) is 57.2 Å². The maximum atomic E-state index is 12.6. The van der Waals surface area contributed by atoms with Gasteiger partial charge in [0.25, 0.3) is 5.91 Å². The van der Waals surface area contributed by atoms with E-state index in [-0.39, 0.29) is 11.9 Å². The first-order valence-electron chi connectivity index (χ1n) is 10.7. The number of rotatable bonds is 8. The first-order valence-corrected chi connectivity index (χ1v) is 10.7. The zero-order chi connectivity index (χ0) is 20.8. The molecule has 0 saturated carbocycles. The predicted octanol–water partition coefficient (Wildman–Crippen LogP) is 1.39. The van der Waals surface area contributed by atoms with Crippen LogP contribution in [-0.2, 0) is 13.0 Å². The third-order valence-electron chi connectivity index (χ3n) is 5.82. The number of amides is 1. The first kappa shape index (κ1) is 20.3. The van der Waals surface area contributed by atoms with Crippen LogP contribution in [0.3, 0.4) is 0 Å². The number of nitrogens with one attached hydrogen (secondary N) is 1. The van der Waals surface area contributed by atoms with Gasteiger partial charge in [0.1, 0.15) is 6.04 Å². The number of carbonyl (C=O) groups is 1. The van der Waals surface area contributed by atoms with E-state index in [1.165, 1.54) is 10.5 Å². The van der Waals surface area contributed by atoms with Crippen molar-refractivity contribution in [3.05, 3.63) is 65.9 Å². The van der Waals surface area contributed by atoms with E-state index in [4.69, 9.17) is 4.42 Å². The Morgan fingerprint density at radius 3 is 2.67 bits per heavy atom. The number of piperazine rings is 1. The van der Waals surface area contributed by atoms with E-state index in [0.717, 1.165) is 44.7 Å². The molecule has 0 aliphatic carbocycles. The Balaban J connectivity index is 1.41. The second kappa shape index (κ2) is 9.67. The average molecular weight is 410 g/mol. The number of carbonyl (C=O) groups excluding carboxylic acids is 1. The third kappa shape index (κ3) is 4.59. The normalized spacial score (nSPS) is 16.0. The van der Waals surface area contributed by atoms with Crippen LogP contribution < -0.4 is 4.90 Å². The van der Waals surface area contributed by atoms with Crippen LogP contribution in [0.4, 0.5) is 0 Å². The number of quaternary nitrogens is 1. The number of hydrogen-bond donors (Lipinski definition) is 1. The van der Waals surface area contributed by atoms with E-state index >= 15 is 0 Å². The van der Waals surface area contributed by atoms with E-state index in [1.807, 2.05) is 15.6 Å². The van der Waals surface area contributed by atoms with Crippen LogP contribution in [0.15, 0.2) is 53.1 Å². The minimum atomic E-state index is -0.0289. The lowest BCUT2D eigenvalue weighted by Crippen LogP contribution is -3.15. The highest BCUT2D eigenvalue weighted by Crippen LogP contribution is 2.14. The van der Waals surface area contributed by atoms with Gasteiger partial charge >= 0.3 is 0 Å². The van der Waals surface area contributed by atoms with Gasteiger partial charge in [-0.2, -0.15) is 0 Å². The number of aryl methyl sites for hydroxylation is 2. The van der Waals surface area contributed by atoms with Crippen molar-refractivity contribution in [3.8, 4) is 0 Å². The van der Waals surface area contributed by atoms with Crippen molar-refractivity contribution in [2.45, 2.75) is 38.8 Å². The van der Waals surface area contributed by atoms with Crippen molar-refractivity contribution >= 4 is 5.91 Å². The molecule has 3 aromatic rings. The summed E-state index contributed by atoms with van der Waals surface area (Å²) in [5.41, 5.74) is 1.28.